The number of hydrogen-bond acceptors (Lipinski definition) is 3. The average molecular weight is 202 g/mol. The number of rotatable bonds is 4. The van der Waals surface area contributed by atoms with Crippen molar-refractivity contribution in [3.8, 4) is 0 Å². The minimum absolute atomic E-state index is 0.775. The Balaban J connectivity index is 1.80. The number of hydrogen-bond donors (Lipinski definition) is 1. The summed E-state index contributed by atoms with van der Waals surface area (Å²) in [4.78, 5) is 8.01. The zero-order valence-electron chi connectivity index (χ0n) is 8.72. The molecule has 0 fully saturated rings. The van der Waals surface area contributed by atoms with E-state index in [1.165, 1.54) is 5.56 Å². The highest BCUT2D eigenvalue weighted by Crippen LogP contribution is 1.99. The molecule has 15 heavy (non-hydrogen) atoms. The Morgan fingerprint density at radius 2 is 2.27 bits per heavy atom. The van der Waals surface area contributed by atoms with Crippen LogP contribution in [0.4, 0.5) is 0 Å². The fourth-order valence-electron chi connectivity index (χ4n) is 1.42. The van der Waals surface area contributed by atoms with Gasteiger partial charge in [0.15, 0.2) is 0 Å². The van der Waals surface area contributed by atoms with Crippen LogP contribution in [0.5, 0.6) is 0 Å². The van der Waals surface area contributed by atoms with Gasteiger partial charge in [-0.25, -0.2) is 9.97 Å². The van der Waals surface area contributed by atoms with Crippen LogP contribution < -0.4 is 5.32 Å². The van der Waals surface area contributed by atoms with Crippen LogP contribution >= 0.6 is 0 Å². The molecule has 2 heterocycles. The standard InChI is InChI=1S/C11H14N4/c1-15-5-3-10(8-15)6-13-7-11-2-4-12-9-14-11/h2-5,8-9,13H,6-7H2,1H3. The van der Waals surface area contributed by atoms with Crippen LogP contribution in [0.1, 0.15) is 11.3 Å². The first-order chi connectivity index (χ1) is 7.34. The molecule has 0 amide bonds. The van der Waals surface area contributed by atoms with E-state index in [1.807, 2.05) is 23.9 Å². The summed E-state index contributed by atoms with van der Waals surface area (Å²) in [5.41, 5.74) is 2.30. The smallest absolute Gasteiger partial charge is 0.115 e. The molecule has 2 rings (SSSR count). The molecule has 0 aliphatic rings. The molecule has 2 aromatic heterocycles. The Hall–Kier alpha value is -1.68. The van der Waals surface area contributed by atoms with E-state index in [9.17, 15) is 0 Å². The highest BCUT2D eigenvalue weighted by atomic mass is 14.9. The minimum Gasteiger partial charge on any atom is -0.357 e. The molecule has 0 aromatic carbocycles. The normalized spacial score (nSPS) is 10.5. The third kappa shape index (κ3) is 2.89. The number of nitrogens with one attached hydrogen (secondary N) is 1. The zero-order valence-corrected chi connectivity index (χ0v) is 8.72. The molecule has 0 aliphatic carbocycles. The number of aromatic nitrogens is 3. The minimum atomic E-state index is 0.775. The first-order valence-electron chi connectivity index (χ1n) is 4.91. The average Bonchev–Trinajstić information content (AvgIpc) is 2.66. The Morgan fingerprint density at radius 1 is 1.33 bits per heavy atom. The molecule has 78 valence electrons. The predicted octanol–water partition coefficient (Wildman–Crippen LogP) is 1.10. The predicted molar refractivity (Wildman–Crippen MR) is 58.0 cm³/mol. The van der Waals surface area contributed by atoms with Crippen LogP contribution in [0.2, 0.25) is 0 Å². The van der Waals surface area contributed by atoms with Crippen LogP contribution in [0.15, 0.2) is 37.1 Å². The van der Waals surface area contributed by atoms with E-state index in [-0.39, 0.29) is 0 Å². The molecular weight excluding hydrogens is 188 g/mol. The van der Waals surface area contributed by atoms with Crippen molar-refractivity contribution in [1.82, 2.24) is 19.9 Å². The SMILES string of the molecule is Cn1ccc(CNCc2ccncn2)c1. The van der Waals surface area contributed by atoms with Gasteiger partial charge in [-0.1, -0.05) is 0 Å². The lowest BCUT2D eigenvalue weighted by Crippen LogP contribution is -2.13. The molecule has 0 spiro atoms. The van der Waals surface area contributed by atoms with Gasteiger partial charge in [0.05, 0.1) is 5.69 Å². The lowest BCUT2D eigenvalue weighted by molar-refractivity contribution is 0.677. The molecule has 4 nitrogen and oxygen atoms in total. The van der Waals surface area contributed by atoms with E-state index in [4.69, 9.17) is 0 Å². The Morgan fingerprint density at radius 3 is 2.93 bits per heavy atom. The molecule has 0 atom stereocenters. The maximum Gasteiger partial charge on any atom is 0.115 e. The largest absolute Gasteiger partial charge is 0.357 e. The van der Waals surface area contributed by atoms with Crippen LogP contribution in [-0.4, -0.2) is 14.5 Å². The van der Waals surface area contributed by atoms with Gasteiger partial charge in [-0.05, 0) is 17.7 Å². The third-order valence-corrected chi connectivity index (χ3v) is 2.17. The maximum absolute atomic E-state index is 4.14. The number of nitrogens with zero attached hydrogens (tertiary/aromatic N) is 3. The highest BCUT2D eigenvalue weighted by molar-refractivity contribution is 5.09. The summed E-state index contributed by atoms with van der Waals surface area (Å²) in [6, 6.07) is 4.02. The second-order valence-corrected chi connectivity index (χ2v) is 3.49. The van der Waals surface area contributed by atoms with E-state index in [0.717, 1.165) is 18.8 Å². The van der Waals surface area contributed by atoms with Gasteiger partial charge < -0.3 is 9.88 Å². The van der Waals surface area contributed by atoms with Crippen LogP contribution in [0.25, 0.3) is 0 Å². The van der Waals surface area contributed by atoms with Gasteiger partial charge in [-0.3, -0.25) is 0 Å². The van der Waals surface area contributed by atoms with E-state index in [2.05, 4.69) is 27.5 Å². The van der Waals surface area contributed by atoms with Crippen molar-refractivity contribution in [2.45, 2.75) is 13.1 Å². The van der Waals surface area contributed by atoms with Crippen molar-refractivity contribution in [1.29, 1.82) is 0 Å². The molecule has 1 N–H and O–H groups in total. The maximum atomic E-state index is 4.14. The van der Waals surface area contributed by atoms with Crippen LogP contribution in [0.3, 0.4) is 0 Å². The van der Waals surface area contributed by atoms with Gasteiger partial charge in [0, 0.05) is 38.7 Å². The highest BCUT2D eigenvalue weighted by Gasteiger charge is 1.95. The zero-order chi connectivity index (χ0) is 10.5. The summed E-state index contributed by atoms with van der Waals surface area (Å²) in [6.07, 6.45) is 7.47. The summed E-state index contributed by atoms with van der Waals surface area (Å²) in [6.45, 7) is 1.64. The number of aryl methyl sites for hydroxylation is 1. The molecule has 0 radical (unpaired) electrons. The molecule has 0 aliphatic heterocycles. The van der Waals surface area contributed by atoms with Crippen LogP contribution in [-0.2, 0) is 20.1 Å². The first-order valence-corrected chi connectivity index (χ1v) is 4.91. The molecule has 2 aromatic rings. The van der Waals surface area contributed by atoms with Gasteiger partial charge in [-0.2, -0.15) is 0 Å². The van der Waals surface area contributed by atoms with Crippen molar-refractivity contribution >= 4 is 0 Å². The summed E-state index contributed by atoms with van der Waals surface area (Å²) < 4.78 is 2.04. The van der Waals surface area contributed by atoms with Crippen molar-refractivity contribution in [2.24, 2.45) is 7.05 Å². The fourth-order valence-corrected chi connectivity index (χ4v) is 1.42. The van der Waals surface area contributed by atoms with Crippen molar-refractivity contribution in [3.63, 3.8) is 0 Å². The van der Waals surface area contributed by atoms with Gasteiger partial charge in [-0.15, -0.1) is 0 Å². The van der Waals surface area contributed by atoms with E-state index in [1.54, 1.807) is 12.5 Å². The monoisotopic (exact) mass is 202 g/mol. The van der Waals surface area contributed by atoms with Gasteiger partial charge in [0.2, 0.25) is 0 Å². The quantitative estimate of drug-likeness (QED) is 0.807. The summed E-state index contributed by atoms with van der Waals surface area (Å²) in [5.74, 6) is 0. The Labute approximate surface area is 89.0 Å². The summed E-state index contributed by atoms with van der Waals surface area (Å²) in [7, 11) is 2.02. The van der Waals surface area contributed by atoms with Gasteiger partial charge in [0.1, 0.15) is 6.33 Å². The molecule has 0 saturated carbocycles. The van der Waals surface area contributed by atoms with Crippen molar-refractivity contribution in [3.05, 3.63) is 48.3 Å². The second kappa shape index (κ2) is 4.70. The van der Waals surface area contributed by atoms with Crippen molar-refractivity contribution < 1.29 is 0 Å². The Kier molecular flexibility index (Phi) is 3.09. The second-order valence-electron chi connectivity index (χ2n) is 3.49. The van der Waals surface area contributed by atoms with Crippen molar-refractivity contribution in [2.75, 3.05) is 0 Å². The van der Waals surface area contributed by atoms with Gasteiger partial charge in [0.25, 0.3) is 0 Å². The first kappa shape index (κ1) is 9.86. The molecule has 0 bridgehead atoms. The third-order valence-electron chi connectivity index (χ3n) is 2.17. The molecular formula is C11H14N4. The van der Waals surface area contributed by atoms with E-state index in [0.29, 0.717) is 0 Å². The fraction of sp³-hybridized carbons (Fsp3) is 0.273. The van der Waals surface area contributed by atoms with E-state index >= 15 is 0 Å². The summed E-state index contributed by atoms with van der Waals surface area (Å²) >= 11 is 0. The molecule has 0 unspecified atom stereocenters. The lowest BCUT2D eigenvalue weighted by Gasteiger charge is -2.01. The Bertz CT molecular complexity index is 408. The summed E-state index contributed by atoms with van der Waals surface area (Å²) in [5, 5.41) is 3.33. The molecule has 0 saturated heterocycles. The van der Waals surface area contributed by atoms with Gasteiger partial charge >= 0.3 is 0 Å². The molecule has 4 heteroatoms. The lowest BCUT2D eigenvalue weighted by atomic mass is 10.3. The topological polar surface area (TPSA) is 42.7 Å². The van der Waals surface area contributed by atoms with Crippen LogP contribution in [0, 0.1) is 0 Å². The van der Waals surface area contributed by atoms with E-state index < -0.39 is 0 Å².